The monoisotopic (exact) mass is 1650 g/mol. The lowest BCUT2D eigenvalue weighted by molar-refractivity contribution is -0.400. The van der Waals surface area contributed by atoms with Crippen LogP contribution in [-0.4, -0.2) is 421 Å². The normalized spacial score (nSPS) is 36.2. The molecule has 1 aromatic rings. The van der Waals surface area contributed by atoms with Crippen molar-refractivity contribution < 1.29 is 182 Å². The molecule has 7 fully saturated rings. The highest BCUT2D eigenvalue weighted by atomic mass is 32.2. The van der Waals surface area contributed by atoms with Gasteiger partial charge >= 0.3 is 18.0 Å². The molecular formula is C65H106N10O37S. The Morgan fingerprint density at radius 2 is 1.21 bits per heavy atom. The van der Waals surface area contributed by atoms with Gasteiger partial charge < -0.3 is 180 Å². The van der Waals surface area contributed by atoms with E-state index in [-0.39, 0.29) is 75.9 Å². The van der Waals surface area contributed by atoms with Crippen LogP contribution in [0.1, 0.15) is 71.9 Å². The molecule has 0 saturated carbocycles. The van der Waals surface area contributed by atoms with Gasteiger partial charge in [0, 0.05) is 64.5 Å². The van der Waals surface area contributed by atoms with Crippen LogP contribution in [0.5, 0.6) is 0 Å². The van der Waals surface area contributed by atoms with E-state index >= 15 is 0 Å². The van der Waals surface area contributed by atoms with Crippen molar-refractivity contribution in [3.8, 4) is 0 Å². The fourth-order valence-corrected chi connectivity index (χ4v) is 15.8. The van der Waals surface area contributed by atoms with Crippen LogP contribution >= 0.6 is 11.8 Å². The van der Waals surface area contributed by atoms with Gasteiger partial charge in [-0.1, -0.05) is 11.6 Å². The number of hydrogen-bond donors (Lipinski definition) is 23. The van der Waals surface area contributed by atoms with Gasteiger partial charge in [0.05, 0.1) is 128 Å². The lowest BCUT2D eigenvalue weighted by Crippen LogP contribution is -2.72. The number of aromatic nitrogens is 3. The van der Waals surface area contributed by atoms with E-state index in [1.165, 1.54) is 10.9 Å². The van der Waals surface area contributed by atoms with E-state index in [9.17, 15) is 125 Å². The molecular weight excluding hydrogens is 1540 g/mol. The maximum atomic E-state index is 14.1. The number of carbonyl (C=O) groups excluding carboxylic acids is 6. The molecule has 0 bridgehead atoms. The Morgan fingerprint density at radius 1 is 0.646 bits per heavy atom. The van der Waals surface area contributed by atoms with Crippen LogP contribution in [0, 0.1) is 0 Å². The maximum Gasteiger partial charge on any atom is 0.364 e. The molecule has 0 aromatic carbocycles. The third kappa shape index (κ3) is 23.2. The summed E-state index contributed by atoms with van der Waals surface area (Å²) in [5, 5.41) is 215. The second-order valence-corrected chi connectivity index (χ2v) is 29.5. The number of unbranched alkanes of at least 4 members (excludes halogenated alkanes) is 1. The number of aliphatic hydroxyl groups is 15. The highest BCUT2D eigenvalue weighted by Gasteiger charge is 2.64. The third-order valence-electron chi connectivity index (χ3n) is 20.0. The highest BCUT2D eigenvalue weighted by Crippen LogP contribution is 2.43. The molecule has 8 heterocycles. The Kier molecular flexibility index (Phi) is 34.7. The summed E-state index contributed by atoms with van der Waals surface area (Å²) in [5.41, 5.74) is 0.116. The quantitative estimate of drug-likeness (QED) is 0.0213. The van der Waals surface area contributed by atoms with Crippen molar-refractivity contribution in [1.82, 2.24) is 51.8 Å². The number of ether oxygens (including phenoxy) is 12. The molecule has 7 amide bonds. The van der Waals surface area contributed by atoms with Crippen LogP contribution in [-0.2, 0) is 103 Å². The average molecular weight is 1650 g/mol. The lowest BCUT2D eigenvalue weighted by Gasteiger charge is -2.53. The Bertz CT molecular complexity index is 3270. The predicted octanol–water partition coefficient (Wildman–Crippen LogP) is -12.5. The topological polar surface area (TPSA) is 697 Å². The first-order valence-electron chi connectivity index (χ1n) is 36.6. The number of rotatable bonds is 42. The number of fused-ring (bicyclic) bond motifs is 1. The van der Waals surface area contributed by atoms with Crippen LogP contribution in [0.15, 0.2) is 6.20 Å². The van der Waals surface area contributed by atoms with Crippen molar-refractivity contribution in [2.45, 2.75) is 261 Å². The van der Waals surface area contributed by atoms with E-state index in [0.29, 0.717) is 18.2 Å². The van der Waals surface area contributed by atoms with E-state index in [2.05, 4.69) is 42.2 Å². The summed E-state index contributed by atoms with van der Waals surface area (Å²) in [7, 11) is 0. The first-order chi connectivity index (χ1) is 53.6. The number of amides is 7. The second-order valence-electron chi connectivity index (χ2n) is 28.2. The van der Waals surface area contributed by atoms with Gasteiger partial charge in [-0.2, -0.15) is 11.8 Å². The van der Waals surface area contributed by atoms with Crippen LogP contribution in [0.4, 0.5) is 4.79 Å². The molecule has 113 heavy (non-hydrogen) atoms. The zero-order chi connectivity index (χ0) is 82.9. The second kappa shape index (κ2) is 42.4. The number of aliphatic hydroxyl groups excluding tert-OH is 15. The van der Waals surface area contributed by atoms with Gasteiger partial charge in [-0.25, -0.2) is 19.1 Å². The summed E-state index contributed by atoms with van der Waals surface area (Å²) in [6.45, 7) is -1.09. The number of hydrogen-bond acceptors (Lipinski definition) is 38. The Labute approximate surface area is 649 Å². The number of aliphatic carboxylic acids is 2. The molecule has 0 aliphatic carbocycles. The van der Waals surface area contributed by atoms with Crippen LogP contribution in [0.25, 0.3) is 0 Å². The summed E-state index contributed by atoms with van der Waals surface area (Å²) >= 11 is 1.83. The zero-order valence-corrected chi connectivity index (χ0v) is 62.9. The maximum absolute atomic E-state index is 14.1. The molecule has 644 valence electrons. The van der Waals surface area contributed by atoms with Crippen molar-refractivity contribution >= 4 is 59.3 Å². The van der Waals surface area contributed by atoms with Crippen LogP contribution in [0.2, 0.25) is 0 Å². The average Bonchev–Trinajstić information content (AvgIpc) is 1.38. The molecule has 25 unspecified atom stereocenters. The van der Waals surface area contributed by atoms with E-state index in [1.54, 1.807) is 0 Å². The van der Waals surface area contributed by atoms with E-state index in [0.717, 1.165) is 57.6 Å². The molecule has 7 aliphatic heterocycles. The number of nitrogens with zero attached hydrogens (tertiary/aromatic N) is 4. The molecule has 1 aromatic heterocycles. The van der Waals surface area contributed by atoms with Gasteiger partial charge in [0.25, 0.3) is 11.6 Å². The molecule has 30 atom stereocenters. The first-order valence-corrected chi connectivity index (χ1v) is 37.7. The van der Waals surface area contributed by atoms with Gasteiger partial charge in [0.2, 0.25) is 29.5 Å². The first kappa shape index (κ1) is 92.5. The van der Waals surface area contributed by atoms with Crippen molar-refractivity contribution in [1.29, 1.82) is 0 Å². The lowest BCUT2D eigenvalue weighted by atomic mass is 9.87. The van der Waals surface area contributed by atoms with Crippen molar-refractivity contribution in [2.75, 3.05) is 85.0 Å². The van der Waals surface area contributed by atoms with Crippen molar-refractivity contribution in [3.63, 3.8) is 0 Å². The van der Waals surface area contributed by atoms with Crippen LogP contribution in [0.3, 0.4) is 0 Å². The van der Waals surface area contributed by atoms with Crippen molar-refractivity contribution in [3.05, 3.63) is 11.9 Å². The summed E-state index contributed by atoms with van der Waals surface area (Å²) in [4.78, 5) is 103. The molecule has 0 radical (unpaired) electrons. The minimum Gasteiger partial charge on any atom is -0.477 e. The van der Waals surface area contributed by atoms with Gasteiger partial charge in [-0.3, -0.25) is 24.0 Å². The van der Waals surface area contributed by atoms with E-state index in [4.69, 9.17) is 56.8 Å². The van der Waals surface area contributed by atoms with Gasteiger partial charge in [-0.05, 0) is 12.8 Å². The highest BCUT2D eigenvalue weighted by molar-refractivity contribution is 8.00. The number of urea groups is 1. The number of carbonyl (C=O) groups is 8. The number of carboxylic acid groups (broad SMARTS) is 2. The molecule has 23 N–H and O–H groups in total. The minimum atomic E-state index is -3.61. The Hall–Kier alpha value is -6.03. The molecule has 48 heteroatoms. The summed E-state index contributed by atoms with van der Waals surface area (Å²) in [6.07, 6.45) is -47.6. The molecule has 8 rings (SSSR count). The molecule has 0 spiro atoms. The largest absolute Gasteiger partial charge is 0.477 e. The summed E-state index contributed by atoms with van der Waals surface area (Å²) in [5.74, 6) is -14.3. The van der Waals surface area contributed by atoms with Crippen LogP contribution < -0.4 is 31.9 Å². The Morgan fingerprint density at radius 3 is 1.81 bits per heavy atom. The van der Waals surface area contributed by atoms with E-state index < -0.39 is 252 Å². The zero-order valence-electron chi connectivity index (χ0n) is 62.1. The summed E-state index contributed by atoms with van der Waals surface area (Å²) in [6, 6.07) is -5.55. The molecule has 47 nitrogen and oxygen atoms in total. The SMILES string of the molecule is CC(=O)NC1C(OC2C(CO)OC(OC3C(CO)OC(N(Cc4cn(CCOCCOCCOCCNC(=O)CCCC[C@H]5SCC6NC(=O)NC65)nn4)C(C)=O)C(O)C3O)C(O)C2OC2(C(=O)O)CC(O)C(NC(C)=O)C([C@H](O)[C@@H](CO)OC3(C(=O)O)CC(O)C(NC(C)=O)C([C@H](O)[C@H](O)CO)O3)O2)OC(CO)C(O)C1O. The minimum absolute atomic E-state index is 0.0763. The Balaban J connectivity index is 0.940. The number of nitrogens with one attached hydrogen (secondary N) is 6. The smallest absolute Gasteiger partial charge is 0.364 e. The number of thioether (sulfide) groups is 1. The van der Waals surface area contributed by atoms with Crippen molar-refractivity contribution in [2.24, 2.45) is 0 Å². The third-order valence-corrected chi connectivity index (χ3v) is 21.5. The van der Waals surface area contributed by atoms with Gasteiger partial charge in [-0.15, -0.1) is 5.10 Å². The number of carboxylic acids is 2. The fraction of sp³-hybridized carbons (Fsp3) is 0.846. The molecule has 7 aliphatic rings. The fourth-order valence-electron chi connectivity index (χ4n) is 14.3. The standard InChI is InChI=1S/C65H106N10O37S/c1-27(81)67-43-33(85)17-64(61(96)97,110-55(43)46(89)35(87)21-76)109-37(23-78)48(91)56-44(68-28(2)82)34(86)18-65(111-56,62(98)99)112-57-52(95)60(106-39(25-80)54(57)108-59-45(69-29(3)83)49(92)47(90)36(22-77)105-59)107-53-38(24-79)104-58(51(94)50(53)93)75(30(4)84)20-31-19-74(73-72-31)10-12-102-14-16-103-15-13-101-11-9-66-41(88)8-6-5-7-40-42-32(26-113-40)70-63(100)71-42/h19,32-40,42-60,76-80,85-87,89-95H,5-18,20-26H2,1-4H3,(H,66,88)(H,67,81)(H,68,82)(H,69,83)(H,96,97)(H,98,99)(H2,70,71,100)/t32?,33?,34?,35-,36?,37-,38?,39?,40-,42?,43?,44?,45?,46-,47?,48-,49?,50?,51?,52?,53?,54?,55?,56?,57?,58?,59?,60?,64?,65?/m1/s1. The summed E-state index contributed by atoms with van der Waals surface area (Å²) < 4.78 is 71.7. The predicted molar refractivity (Wildman–Crippen MR) is 369 cm³/mol. The van der Waals surface area contributed by atoms with Gasteiger partial charge in [0.1, 0.15) is 116 Å². The molecule has 7 saturated heterocycles. The van der Waals surface area contributed by atoms with Gasteiger partial charge in [0.15, 0.2) is 18.8 Å². The van der Waals surface area contributed by atoms with E-state index in [1.807, 2.05) is 11.8 Å².